The number of rotatable bonds is 5. The monoisotopic (exact) mass is 428 g/mol. The Labute approximate surface area is 154 Å². The second-order valence-electron chi connectivity index (χ2n) is 5.58. The number of fused-ring (bicyclic) bond motifs is 1. The summed E-state index contributed by atoms with van der Waals surface area (Å²) < 4.78 is 2.05. The number of nitrogens with one attached hydrogen (secondary N) is 1. The van der Waals surface area contributed by atoms with Gasteiger partial charge in [-0.25, -0.2) is 0 Å². The molecule has 0 atom stereocenters. The Bertz CT molecular complexity index is 632. The highest BCUT2D eigenvalue weighted by Crippen LogP contribution is 2.08. The van der Waals surface area contributed by atoms with Crippen molar-refractivity contribution in [2.45, 2.75) is 32.6 Å². The average molecular weight is 428 g/mol. The van der Waals surface area contributed by atoms with E-state index in [2.05, 4.69) is 31.7 Å². The van der Waals surface area contributed by atoms with Gasteiger partial charge in [0.2, 0.25) is 0 Å². The van der Waals surface area contributed by atoms with Crippen molar-refractivity contribution in [1.82, 2.24) is 24.8 Å². The number of hydrogen-bond acceptors (Lipinski definition) is 3. The van der Waals surface area contributed by atoms with Gasteiger partial charge in [-0.1, -0.05) is 6.07 Å². The Morgan fingerprint density at radius 1 is 1.26 bits per heavy atom. The van der Waals surface area contributed by atoms with E-state index >= 15 is 0 Å². The van der Waals surface area contributed by atoms with Crippen LogP contribution in [0.5, 0.6) is 0 Å². The van der Waals surface area contributed by atoms with E-state index in [0.29, 0.717) is 0 Å². The predicted octanol–water partition coefficient (Wildman–Crippen LogP) is 2.34. The molecule has 0 aromatic carbocycles. The summed E-state index contributed by atoms with van der Waals surface area (Å²) in [7, 11) is 0. The first-order valence-electron chi connectivity index (χ1n) is 8.20. The number of aromatic nitrogens is 3. The minimum atomic E-state index is 0. The number of aryl methyl sites for hydroxylation is 1. The van der Waals surface area contributed by atoms with Gasteiger partial charge in [0.05, 0.1) is 0 Å². The van der Waals surface area contributed by atoms with E-state index in [1.807, 2.05) is 24.4 Å². The average Bonchev–Trinajstić information content (AvgIpc) is 3.20. The molecular weight excluding hydrogens is 403 g/mol. The smallest absolute Gasteiger partial charge is 0.193 e. The topological polar surface area (TPSA) is 57.8 Å². The predicted molar refractivity (Wildman–Crippen MR) is 104 cm³/mol. The van der Waals surface area contributed by atoms with Gasteiger partial charge < -0.3 is 10.2 Å². The van der Waals surface area contributed by atoms with Crippen LogP contribution in [-0.2, 0) is 6.42 Å². The normalized spacial score (nSPS) is 15.0. The first kappa shape index (κ1) is 18.0. The van der Waals surface area contributed by atoms with Crippen LogP contribution < -0.4 is 5.32 Å². The van der Waals surface area contributed by atoms with Crippen molar-refractivity contribution in [3.05, 3.63) is 30.2 Å². The van der Waals surface area contributed by atoms with Crippen LogP contribution >= 0.6 is 24.0 Å². The van der Waals surface area contributed by atoms with E-state index in [1.165, 1.54) is 12.8 Å². The Morgan fingerprint density at radius 2 is 2.09 bits per heavy atom. The van der Waals surface area contributed by atoms with Crippen molar-refractivity contribution in [2.24, 2.45) is 4.99 Å². The fraction of sp³-hybridized carbons (Fsp3) is 0.562. The number of nitrogens with zero attached hydrogens (tertiary/aromatic N) is 5. The number of pyridine rings is 1. The van der Waals surface area contributed by atoms with Gasteiger partial charge >= 0.3 is 0 Å². The number of halogens is 1. The molecule has 1 aliphatic rings. The van der Waals surface area contributed by atoms with Crippen LogP contribution in [0.15, 0.2) is 29.4 Å². The number of guanidine groups is 1. The molecule has 7 heteroatoms. The minimum absolute atomic E-state index is 0. The van der Waals surface area contributed by atoms with Crippen molar-refractivity contribution in [1.29, 1.82) is 0 Å². The summed E-state index contributed by atoms with van der Waals surface area (Å²) >= 11 is 0. The standard InChI is InChI=1S/C16H24N6.HI/c1-2-17-16(21-11-5-6-12-21)18-10-7-9-15-20-19-14-8-3-4-13-22(14)15;/h3-4,8,13H,2,5-7,9-12H2,1H3,(H,17,18);1H. The number of hydrogen-bond donors (Lipinski definition) is 1. The van der Waals surface area contributed by atoms with Crippen LogP contribution in [0.3, 0.4) is 0 Å². The Kier molecular flexibility index (Phi) is 7.07. The van der Waals surface area contributed by atoms with E-state index in [4.69, 9.17) is 4.99 Å². The van der Waals surface area contributed by atoms with Crippen molar-refractivity contribution in [3.63, 3.8) is 0 Å². The maximum Gasteiger partial charge on any atom is 0.193 e. The molecule has 0 spiro atoms. The van der Waals surface area contributed by atoms with Crippen molar-refractivity contribution in [2.75, 3.05) is 26.2 Å². The van der Waals surface area contributed by atoms with E-state index in [1.54, 1.807) is 0 Å². The molecule has 2 aromatic rings. The van der Waals surface area contributed by atoms with E-state index in [0.717, 1.165) is 56.5 Å². The molecule has 0 amide bonds. The molecule has 0 radical (unpaired) electrons. The van der Waals surface area contributed by atoms with E-state index < -0.39 is 0 Å². The molecule has 0 saturated carbocycles. The molecule has 23 heavy (non-hydrogen) atoms. The quantitative estimate of drug-likeness (QED) is 0.344. The molecule has 1 fully saturated rings. The summed E-state index contributed by atoms with van der Waals surface area (Å²) in [5.74, 6) is 2.07. The van der Waals surface area contributed by atoms with Gasteiger partial charge in [-0.15, -0.1) is 34.2 Å². The van der Waals surface area contributed by atoms with Gasteiger partial charge in [-0.05, 0) is 38.3 Å². The highest BCUT2D eigenvalue weighted by molar-refractivity contribution is 14.0. The van der Waals surface area contributed by atoms with Gasteiger partial charge in [-0.2, -0.15) is 0 Å². The van der Waals surface area contributed by atoms with Gasteiger partial charge in [-0.3, -0.25) is 9.39 Å². The lowest BCUT2D eigenvalue weighted by molar-refractivity contribution is 0.493. The van der Waals surface area contributed by atoms with Crippen LogP contribution in [0, 0.1) is 0 Å². The van der Waals surface area contributed by atoms with Crippen molar-refractivity contribution < 1.29 is 0 Å². The molecule has 3 heterocycles. The zero-order chi connectivity index (χ0) is 15.2. The fourth-order valence-corrected chi connectivity index (χ4v) is 2.84. The Morgan fingerprint density at radius 3 is 2.87 bits per heavy atom. The molecule has 126 valence electrons. The second kappa shape index (κ2) is 9.05. The number of likely N-dealkylation sites (tertiary alicyclic amines) is 1. The lowest BCUT2D eigenvalue weighted by Crippen LogP contribution is -2.39. The van der Waals surface area contributed by atoms with Crippen molar-refractivity contribution >= 4 is 35.6 Å². The first-order valence-corrected chi connectivity index (χ1v) is 8.20. The van der Waals surface area contributed by atoms with Gasteiger partial charge in [0.15, 0.2) is 11.6 Å². The van der Waals surface area contributed by atoms with Crippen LogP contribution in [-0.4, -0.2) is 51.6 Å². The summed E-state index contributed by atoms with van der Waals surface area (Å²) in [6.07, 6.45) is 6.45. The molecule has 1 saturated heterocycles. The van der Waals surface area contributed by atoms with Gasteiger partial charge in [0.25, 0.3) is 0 Å². The zero-order valence-corrected chi connectivity index (χ0v) is 15.9. The summed E-state index contributed by atoms with van der Waals surface area (Å²) in [5.41, 5.74) is 0.909. The molecule has 0 bridgehead atoms. The molecule has 1 N–H and O–H groups in total. The molecule has 0 aliphatic carbocycles. The van der Waals surface area contributed by atoms with Gasteiger partial charge in [0, 0.05) is 38.8 Å². The lowest BCUT2D eigenvalue weighted by Gasteiger charge is -2.20. The number of aliphatic imine (C=N–C) groups is 1. The first-order chi connectivity index (χ1) is 10.9. The lowest BCUT2D eigenvalue weighted by atomic mass is 10.3. The largest absolute Gasteiger partial charge is 0.357 e. The van der Waals surface area contributed by atoms with Crippen LogP contribution in [0.4, 0.5) is 0 Å². The summed E-state index contributed by atoms with van der Waals surface area (Å²) in [6.45, 7) is 6.11. The van der Waals surface area contributed by atoms with Crippen LogP contribution in [0.25, 0.3) is 5.65 Å². The summed E-state index contributed by atoms with van der Waals surface area (Å²) in [5, 5.41) is 11.8. The third-order valence-electron chi connectivity index (χ3n) is 3.94. The van der Waals surface area contributed by atoms with Crippen molar-refractivity contribution in [3.8, 4) is 0 Å². The maximum absolute atomic E-state index is 4.75. The Balaban J connectivity index is 0.00000192. The fourth-order valence-electron chi connectivity index (χ4n) is 2.84. The van der Waals surface area contributed by atoms with E-state index in [9.17, 15) is 0 Å². The third kappa shape index (κ3) is 4.55. The Hall–Kier alpha value is -1.38. The molecule has 3 rings (SSSR count). The van der Waals surface area contributed by atoms with Crippen LogP contribution in [0.2, 0.25) is 0 Å². The van der Waals surface area contributed by atoms with Crippen LogP contribution in [0.1, 0.15) is 32.0 Å². The minimum Gasteiger partial charge on any atom is -0.357 e. The van der Waals surface area contributed by atoms with Gasteiger partial charge in [0.1, 0.15) is 5.82 Å². The summed E-state index contributed by atoms with van der Waals surface area (Å²) in [6, 6.07) is 5.97. The third-order valence-corrected chi connectivity index (χ3v) is 3.94. The highest BCUT2D eigenvalue weighted by Gasteiger charge is 2.15. The molecule has 0 unspecified atom stereocenters. The zero-order valence-electron chi connectivity index (χ0n) is 13.6. The highest BCUT2D eigenvalue weighted by atomic mass is 127. The molecule has 6 nitrogen and oxygen atoms in total. The summed E-state index contributed by atoms with van der Waals surface area (Å²) in [4.78, 5) is 7.11. The molecule has 1 aliphatic heterocycles. The SMILES string of the molecule is CCNC(=NCCCc1nnc2ccccn12)N1CCCC1.I. The van der Waals surface area contributed by atoms with E-state index in [-0.39, 0.29) is 24.0 Å². The molecular formula is C16H25IN6. The second-order valence-corrected chi connectivity index (χ2v) is 5.58. The maximum atomic E-state index is 4.75. The molecule has 2 aromatic heterocycles.